The van der Waals surface area contributed by atoms with Crippen LogP contribution in [0.5, 0.6) is 0 Å². The van der Waals surface area contributed by atoms with Crippen molar-refractivity contribution in [2.75, 3.05) is 10.6 Å². The van der Waals surface area contributed by atoms with Gasteiger partial charge in [-0.2, -0.15) is 0 Å². The molecule has 0 aliphatic rings. The van der Waals surface area contributed by atoms with E-state index in [9.17, 15) is 13.6 Å². The van der Waals surface area contributed by atoms with E-state index in [1.165, 1.54) is 17.4 Å². The molecule has 1 aromatic heterocycles. The molecule has 0 aliphatic heterocycles. The number of amides is 2. The fourth-order valence-corrected chi connectivity index (χ4v) is 2.77. The Morgan fingerprint density at radius 1 is 1.08 bits per heavy atom. The molecule has 0 bridgehead atoms. The van der Waals surface area contributed by atoms with Crippen LogP contribution >= 0.6 is 11.3 Å². The van der Waals surface area contributed by atoms with Crippen LogP contribution in [-0.4, -0.2) is 11.0 Å². The van der Waals surface area contributed by atoms with E-state index < -0.39 is 23.4 Å². The maximum atomic E-state index is 13.5. The lowest BCUT2D eigenvalue weighted by molar-refractivity contribution is 0.262. The lowest BCUT2D eigenvalue weighted by Gasteiger charge is -2.10. The Morgan fingerprint density at radius 3 is 2.46 bits per heavy atom. The molecule has 0 atom stereocenters. The summed E-state index contributed by atoms with van der Waals surface area (Å²) in [6, 6.07) is 9.70. The largest absolute Gasteiger partial charge is 0.323 e. The number of aryl methyl sites for hydroxylation is 1. The Kier molecular flexibility index (Phi) is 4.52. The predicted molar refractivity (Wildman–Crippen MR) is 91.3 cm³/mol. The molecular formula is C17H13F2N3OS. The number of benzene rings is 2. The Hall–Kier alpha value is -2.80. The molecule has 2 N–H and O–H groups in total. The third-order valence-electron chi connectivity index (χ3n) is 3.24. The number of nitrogens with zero attached hydrogens (tertiary/aromatic N) is 1. The highest BCUT2D eigenvalue weighted by molar-refractivity contribution is 7.09. The summed E-state index contributed by atoms with van der Waals surface area (Å²) >= 11 is 1.53. The van der Waals surface area contributed by atoms with Crippen LogP contribution in [0.1, 0.15) is 5.01 Å². The van der Waals surface area contributed by atoms with Crippen LogP contribution in [0.4, 0.5) is 25.0 Å². The number of urea groups is 1. The fraction of sp³-hybridized carbons (Fsp3) is 0.0588. The number of halogens is 2. The number of aromatic nitrogens is 1. The zero-order chi connectivity index (χ0) is 17.1. The average Bonchev–Trinajstić information content (AvgIpc) is 2.98. The topological polar surface area (TPSA) is 54.0 Å². The smallest absolute Gasteiger partial charge is 0.308 e. The van der Waals surface area contributed by atoms with E-state index in [1.807, 2.05) is 18.4 Å². The average molecular weight is 345 g/mol. The molecule has 7 heteroatoms. The molecule has 3 rings (SSSR count). The SMILES string of the molecule is Cc1nc(-c2cccc(NC(=O)Nc3c(F)cccc3F)c2)cs1. The summed E-state index contributed by atoms with van der Waals surface area (Å²) in [6.45, 7) is 1.91. The molecule has 24 heavy (non-hydrogen) atoms. The molecule has 0 unspecified atom stereocenters. The number of carbonyl (C=O) groups is 1. The Balaban J connectivity index is 1.75. The van der Waals surface area contributed by atoms with Crippen LogP contribution in [0.3, 0.4) is 0 Å². The van der Waals surface area contributed by atoms with Crippen molar-refractivity contribution in [1.82, 2.24) is 4.98 Å². The van der Waals surface area contributed by atoms with E-state index in [-0.39, 0.29) is 0 Å². The van der Waals surface area contributed by atoms with Crippen molar-refractivity contribution >= 4 is 28.7 Å². The number of hydrogen-bond acceptors (Lipinski definition) is 3. The van der Waals surface area contributed by atoms with Gasteiger partial charge >= 0.3 is 6.03 Å². The molecule has 0 saturated heterocycles. The molecule has 0 saturated carbocycles. The highest BCUT2D eigenvalue weighted by Crippen LogP contribution is 2.24. The first-order valence-corrected chi connectivity index (χ1v) is 7.95. The first-order chi connectivity index (χ1) is 11.5. The molecule has 1 heterocycles. The van der Waals surface area contributed by atoms with Crippen molar-refractivity contribution in [3.8, 4) is 11.3 Å². The second-order valence-corrected chi connectivity index (χ2v) is 6.07. The van der Waals surface area contributed by atoms with E-state index >= 15 is 0 Å². The fourth-order valence-electron chi connectivity index (χ4n) is 2.15. The highest BCUT2D eigenvalue weighted by Gasteiger charge is 2.12. The number of rotatable bonds is 3. The minimum atomic E-state index is -0.836. The second kappa shape index (κ2) is 6.76. The van der Waals surface area contributed by atoms with E-state index in [2.05, 4.69) is 15.6 Å². The number of anilines is 2. The first kappa shape index (κ1) is 16.1. The molecule has 122 valence electrons. The van der Waals surface area contributed by atoms with Gasteiger partial charge in [0.05, 0.1) is 10.7 Å². The first-order valence-electron chi connectivity index (χ1n) is 7.07. The van der Waals surface area contributed by atoms with Crippen LogP contribution in [-0.2, 0) is 0 Å². The summed E-state index contributed by atoms with van der Waals surface area (Å²) in [4.78, 5) is 16.4. The number of carbonyl (C=O) groups excluding carboxylic acids is 1. The van der Waals surface area contributed by atoms with Gasteiger partial charge in [0.15, 0.2) is 0 Å². The van der Waals surface area contributed by atoms with Gasteiger partial charge in [-0.25, -0.2) is 18.6 Å². The zero-order valence-electron chi connectivity index (χ0n) is 12.6. The third kappa shape index (κ3) is 3.57. The predicted octanol–water partition coefficient (Wildman–Crippen LogP) is 5.04. The molecule has 0 radical (unpaired) electrons. The van der Waals surface area contributed by atoms with Crippen molar-refractivity contribution in [1.29, 1.82) is 0 Å². The van der Waals surface area contributed by atoms with Gasteiger partial charge in [0.1, 0.15) is 17.3 Å². The minimum absolute atomic E-state index is 0.485. The van der Waals surface area contributed by atoms with Crippen LogP contribution < -0.4 is 10.6 Å². The highest BCUT2D eigenvalue weighted by atomic mass is 32.1. The molecular weight excluding hydrogens is 332 g/mol. The van der Waals surface area contributed by atoms with Crippen molar-refractivity contribution in [3.63, 3.8) is 0 Å². The molecule has 3 aromatic rings. The van der Waals surface area contributed by atoms with Crippen LogP contribution in [0, 0.1) is 18.6 Å². The summed E-state index contributed by atoms with van der Waals surface area (Å²) in [5.74, 6) is -1.67. The summed E-state index contributed by atoms with van der Waals surface area (Å²) in [5.41, 5.74) is 1.66. The van der Waals surface area contributed by atoms with Gasteiger partial charge in [-0.1, -0.05) is 18.2 Å². The normalized spacial score (nSPS) is 10.5. The van der Waals surface area contributed by atoms with Crippen LogP contribution in [0.25, 0.3) is 11.3 Å². The monoisotopic (exact) mass is 345 g/mol. The van der Waals surface area contributed by atoms with Gasteiger partial charge in [0, 0.05) is 16.6 Å². The standard InChI is InChI=1S/C17H13F2N3OS/c1-10-20-15(9-24-10)11-4-2-5-12(8-11)21-17(23)22-16-13(18)6-3-7-14(16)19/h2-9H,1H3,(H2,21,22,23). The van der Waals surface area contributed by atoms with E-state index in [1.54, 1.807) is 18.2 Å². The van der Waals surface area contributed by atoms with E-state index in [0.717, 1.165) is 28.4 Å². The third-order valence-corrected chi connectivity index (χ3v) is 4.01. The van der Waals surface area contributed by atoms with Crippen molar-refractivity contribution in [3.05, 3.63) is 64.5 Å². The number of hydrogen-bond donors (Lipinski definition) is 2. The summed E-state index contributed by atoms with van der Waals surface area (Å²) in [7, 11) is 0. The van der Waals surface area contributed by atoms with Crippen molar-refractivity contribution < 1.29 is 13.6 Å². The van der Waals surface area contributed by atoms with Gasteiger partial charge < -0.3 is 10.6 Å². The number of nitrogens with one attached hydrogen (secondary N) is 2. The van der Waals surface area contributed by atoms with Gasteiger partial charge in [-0.05, 0) is 31.2 Å². The lowest BCUT2D eigenvalue weighted by atomic mass is 10.1. The Morgan fingerprint density at radius 2 is 1.79 bits per heavy atom. The van der Waals surface area contributed by atoms with Gasteiger partial charge in [0.25, 0.3) is 0 Å². The lowest BCUT2D eigenvalue weighted by Crippen LogP contribution is -2.20. The summed E-state index contributed by atoms with van der Waals surface area (Å²) in [5, 5.41) is 7.59. The quantitative estimate of drug-likeness (QED) is 0.699. The van der Waals surface area contributed by atoms with Crippen LogP contribution in [0.15, 0.2) is 47.8 Å². The van der Waals surface area contributed by atoms with Crippen molar-refractivity contribution in [2.45, 2.75) is 6.92 Å². The molecule has 2 amide bonds. The van der Waals surface area contributed by atoms with Crippen molar-refractivity contribution in [2.24, 2.45) is 0 Å². The minimum Gasteiger partial charge on any atom is -0.308 e. The van der Waals surface area contributed by atoms with E-state index in [4.69, 9.17) is 0 Å². The zero-order valence-corrected chi connectivity index (χ0v) is 13.5. The van der Waals surface area contributed by atoms with Gasteiger partial charge in [-0.15, -0.1) is 11.3 Å². The van der Waals surface area contributed by atoms with Gasteiger partial charge in [-0.3, -0.25) is 0 Å². The second-order valence-electron chi connectivity index (χ2n) is 5.01. The van der Waals surface area contributed by atoms with Crippen LogP contribution in [0.2, 0.25) is 0 Å². The number of thiazole rings is 1. The molecule has 0 spiro atoms. The molecule has 0 fully saturated rings. The number of para-hydroxylation sites is 1. The molecule has 2 aromatic carbocycles. The molecule has 4 nitrogen and oxygen atoms in total. The summed E-state index contributed by atoms with van der Waals surface area (Å²) < 4.78 is 27.1. The summed E-state index contributed by atoms with van der Waals surface area (Å²) in [6.07, 6.45) is 0. The van der Waals surface area contributed by atoms with Gasteiger partial charge in [0.2, 0.25) is 0 Å². The Labute approximate surface area is 141 Å². The maximum absolute atomic E-state index is 13.5. The Bertz CT molecular complexity index is 875. The maximum Gasteiger partial charge on any atom is 0.323 e. The molecule has 0 aliphatic carbocycles. The van der Waals surface area contributed by atoms with E-state index in [0.29, 0.717) is 5.69 Å².